The molecule has 1 heterocycles. The molecule has 16 heavy (non-hydrogen) atoms. The van der Waals surface area contributed by atoms with E-state index >= 15 is 0 Å². The molecule has 2 aromatic rings. The molecule has 0 fully saturated rings. The van der Waals surface area contributed by atoms with Gasteiger partial charge in [-0.2, -0.15) is 0 Å². The smallest absolute Gasteiger partial charge is 0.162 e. The Balaban J connectivity index is 2.62. The van der Waals surface area contributed by atoms with E-state index in [1.54, 1.807) is 24.3 Å². The molecule has 0 aliphatic carbocycles. The number of nitrogens with zero attached hydrogens (tertiary/aromatic N) is 2. The molecule has 0 aliphatic heterocycles. The molecule has 1 aromatic carbocycles. The van der Waals surface area contributed by atoms with Gasteiger partial charge < -0.3 is 0 Å². The quantitative estimate of drug-likeness (QED) is 0.719. The molecular weight excluding hydrogens is 266 g/mol. The van der Waals surface area contributed by atoms with Gasteiger partial charge in [-0.05, 0) is 31.2 Å². The Kier molecular flexibility index (Phi) is 3.33. The van der Waals surface area contributed by atoms with Crippen molar-refractivity contribution in [3.8, 4) is 11.4 Å². The van der Waals surface area contributed by atoms with E-state index < -0.39 is 0 Å². The molecule has 0 atom stereocenters. The van der Waals surface area contributed by atoms with Crippen LogP contribution in [-0.4, -0.2) is 9.97 Å². The van der Waals surface area contributed by atoms with Crippen LogP contribution in [0.15, 0.2) is 24.3 Å². The molecule has 2 rings (SSSR count). The second-order valence-corrected chi connectivity index (χ2v) is 4.51. The first kappa shape index (κ1) is 11.6. The van der Waals surface area contributed by atoms with Crippen molar-refractivity contribution in [3.63, 3.8) is 0 Å². The lowest BCUT2D eigenvalue weighted by Crippen LogP contribution is -1.92. The molecule has 0 spiro atoms. The van der Waals surface area contributed by atoms with Crippen molar-refractivity contribution in [2.24, 2.45) is 0 Å². The van der Waals surface area contributed by atoms with E-state index in [2.05, 4.69) is 9.97 Å². The maximum atomic E-state index is 6.05. The van der Waals surface area contributed by atoms with Crippen molar-refractivity contribution in [2.75, 3.05) is 0 Å². The number of aryl methyl sites for hydroxylation is 1. The third kappa shape index (κ3) is 2.46. The van der Waals surface area contributed by atoms with Gasteiger partial charge >= 0.3 is 0 Å². The van der Waals surface area contributed by atoms with Crippen LogP contribution in [-0.2, 0) is 0 Å². The summed E-state index contributed by atoms with van der Waals surface area (Å²) in [7, 11) is 0. The van der Waals surface area contributed by atoms with Gasteiger partial charge in [-0.1, -0.05) is 34.8 Å². The molecule has 0 saturated carbocycles. The second-order valence-electron chi connectivity index (χ2n) is 3.28. The molecule has 2 nitrogen and oxygen atoms in total. The fourth-order valence-corrected chi connectivity index (χ4v) is 1.93. The summed E-state index contributed by atoms with van der Waals surface area (Å²) < 4.78 is 0. The first-order valence-electron chi connectivity index (χ1n) is 4.53. The highest BCUT2D eigenvalue weighted by Gasteiger charge is 2.08. The third-order valence-corrected chi connectivity index (χ3v) is 2.75. The SMILES string of the molecule is Cc1cc(Cl)nc(-c2cc(Cl)ccc2Cl)n1. The summed E-state index contributed by atoms with van der Waals surface area (Å²) in [6.45, 7) is 1.84. The van der Waals surface area contributed by atoms with Crippen LogP contribution in [0.4, 0.5) is 0 Å². The average Bonchev–Trinajstić information content (AvgIpc) is 2.20. The van der Waals surface area contributed by atoms with E-state index in [9.17, 15) is 0 Å². The zero-order valence-electron chi connectivity index (χ0n) is 8.34. The van der Waals surface area contributed by atoms with Crippen molar-refractivity contribution >= 4 is 34.8 Å². The van der Waals surface area contributed by atoms with Gasteiger partial charge in [-0.3, -0.25) is 0 Å². The van der Waals surface area contributed by atoms with Gasteiger partial charge in [0.15, 0.2) is 5.82 Å². The van der Waals surface area contributed by atoms with Crippen LogP contribution in [0.1, 0.15) is 5.69 Å². The number of hydrogen-bond acceptors (Lipinski definition) is 2. The van der Waals surface area contributed by atoms with Crippen molar-refractivity contribution in [1.29, 1.82) is 0 Å². The van der Waals surface area contributed by atoms with Crippen LogP contribution in [0.3, 0.4) is 0 Å². The minimum atomic E-state index is 0.388. The lowest BCUT2D eigenvalue weighted by atomic mass is 10.2. The Morgan fingerprint density at radius 1 is 1.00 bits per heavy atom. The van der Waals surface area contributed by atoms with Gasteiger partial charge in [0.25, 0.3) is 0 Å². The van der Waals surface area contributed by atoms with E-state index in [0.717, 1.165) is 5.69 Å². The minimum absolute atomic E-state index is 0.388. The summed E-state index contributed by atoms with van der Waals surface area (Å²) in [5.41, 5.74) is 1.46. The summed E-state index contributed by atoms with van der Waals surface area (Å²) >= 11 is 17.8. The van der Waals surface area contributed by atoms with E-state index in [4.69, 9.17) is 34.8 Å². The standard InChI is InChI=1S/C11H7Cl3N2/c1-6-4-10(14)16-11(15-6)8-5-7(12)2-3-9(8)13/h2-5H,1H3. The Morgan fingerprint density at radius 2 is 1.75 bits per heavy atom. The van der Waals surface area contributed by atoms with Gasteiger partial charge in [-0.15, -0.1) is 0 Å². The molecule has 0 aliphatic rings. The number of rotatable bonds is 1. The summed E-state index contributed by atoms with van der Waals surface area (Å²) in [5, 5.41) is 1.52. The summed E-state index contributed by atoms with van der Waals surface area (Å²) in [4.78, 5) is 8.38. The van der Waals surface area contributed by atoms with E-state index in [-0.39, 0.29) is 0 Å². The summed E-state index contributed by atoms with van der Waals surface area (Å²) in [5.74, 6) is 0.484. The normalized spacial score (nSPS) is 10.5. The van der Waals surface area contributed by atoms with E-state index in [0.29, 0.717) is 26.6 Å². The molecule has 0 amide bonds. The van der Waals surface area contributed by atoms with Crippen LogP contribution in [0, 0.1) is 6.92 Å². The first-order chi connectivity index (χ1) is 7.56. The highest BCUT2D eigenvalue weighted by Crippen LogP contribution is 2.28. The van der Waals surface area contributed by atoms with Crippen molar-refractivity contribution in [1.82, 2.24) is 9.97 Å². The van der Waals surface area contributed by atoms with E-state index in [1.807, 2.05) is 6.92 Å². The monoisotopic (exact) mass is 272 g/mol. The molecule has 0 saturated heterocycles. The Bertz CT molecular complexity index is 520. The molecule has 0 unspecified atom stereocenters. The van der Waals surface area contributed by atoms with Gasteiger partial charge in [0.2, 0.25) is 0 Å². The fraction of sp³-hybridized carbons (Fsp3) is 0.0909. The van der Waals surface area contributed by atoms with Crippen molar-refractivity contribution in [2.45, 2.75) is 6.92 Å². The Labute approximate surface area is 108 Å². The summed E-state index contributed by atoms with van der Waals surface area (Å²) in [6, 6.07) is 6.82. The molecular formula is C11H7Cl3N2. The third-order valence-electron chi connectivity index (χ3n) is 1.99. The number of halogens is 3. The topological polar surface area (TPSA) is 25.8 Å². The molecule has 0 radical (unpaired) electrons. The van der Waals surface area contributed by atoms with E-state index in [1.165, 1.54) is 0 Å². The van der Waals surface area contributed by atoms with Crippen LogP contribution in [0.5, 0.6) is 0 Å². The van der Waals surface area contributed by atoms with Gasteiger partial charge in [-0.25, -0.2) is 9.97 Å². The Hall–Kier alpha value is -0.830. The Morgan fingerprint density at radius 3 is 2.44 bits per heavy atom. The van der Waals surface area contributed by atoms with Crippen LogP contribution in [0.2, 0.25) is 15.2 Å². The molecule has 1 aromatic heterocycles. The minimum Gasteiger partial charge on any atom is -0.233 e. The molecule has 82 valence electrons. The van der Waals surface area contributed by atoms with Crippen LogP contribution >= 0.6 is 34.8 Å². The van der Waals surface area contributed by atoms with Gasteiger partial charge in [0.05, 0.1) is 5.02 Å². The van der Waals surface area contributed by atoms with Crippen molar-refractivity contribution in [3.05, 3.63) is 45.2 Å². The van der Waals surface area contributed by atoms with Crippen LogP contribution < -0.4 is 0 Å². The van der Waals surface area contributed by atoms with Gasteiger partial charge in [0, 0.05) is 16.3 Å². The van der Waals surface area contributed by atoms with Crippen molar-refractivity contribution < 1.29 is 0 Å². The fourth-order valence-electron chi connectivity index (χ4n) is 1.32. The first-order valence-corrected chi connectivity index (χ1v) is 5.66. The lowest BCUT2D eigenvalue weighted by Gasteiger charge is -2.05. The second kappa shape index (κ2) is 4.58. The van der Waals surface area contributed by atoms with Gasteiger partial charge in [0.1, 0.15) is 5.15 Å². The largest absolute Gasteiger partial charge is 0.233 e. The number of benzene rings is 1. The maximum Gasteiger partial charge on any atom is 0.162 e. The highest BCUT2D eigenvalue weighted by atomic mass is 35.5. The lowest BCUT2D eigenvalue weighted by molar-refractivity contribution is 1.11. The predicted molar refractivity (Wildman–Crippen MR) is 67.2 cm³/mol. The zero-order chi connectivity index (χ0) is 11.7. The maximum absolute atomic E-state index is 6.05. The predicted octanol–water partition coefficient (Wildman–Crippen LogP) is 4.41. The molecule has 5 heteroatoms. The summed E-state index contributed by atoms with van der Waals surface area (Å²) in [6.07, 6.45) is 0. The molecule has 0 N–H and O–H groups in total. The number of hydrogen-bond donors (Lipinski definition) is 0. The van der Waals surface area contributed by atoms with Crippen LogP contribution in [0.25, 0.3) is 11.4 Å². The highest BCUT2D eigenvalue weighted by molar-refractivity contribution is 6.35. The average molecular weight is 274 g/mol. The number of aromatic nitrogens is 2. The molecule has 0 bridgehead atoms. The zero-order valence-corrected chi connectivity index (χ0v) is 10.6.